The lowest BCUT2D eigenvalue weighted by Gasteiger charge is -2.32. The van der Waals surface area contributed by atoms with E-state index in [4.69, 9.17) is 4.74 Å². The number of ether oxygens (including phenoxy) is 1. The minimum absolute atomic E-state index is 0.339. The minimum Gasteiger partial charge on any atom is -0.494 e. The summed E-state index contributed by atoms with van der Waals surface area (Å²) < 4.78 is 6.00. The van der Waals surface area contributed by atoms with Gasteiger partial charge >= 0.3 is 0 Å². The second-order valence-electron chi connectivity index (χ2n) is 9.84. The molecular weight excluding hydrogens is 342 g/mol. The van der Waals surface area contributed by atoms with Gasteiger partial charge in [0, 0.05) is 0 Å². The Morgan fingerprint density at radius 2 is 1.64 bits per heavy atom. The van der Waals surface area contributed by atoms with Crippen molar-refractivity contribution in [3.05, 3.63) is 29.8 Å². The third-order valence-electron chi connectivity index (χ3n) is 5.42. The van der Waals surface area contributed by atoms with Crippen LogP contribution >= 0.6 is 0 Å². The van der Waals surface area contributed by atoms with Gasteiger partial charge in [0.25, 0.3) is 0 Å². The van der Waals surface area contributed by atoms with Gasteiger partial charge in [0.05, 0.1) is 6.61 Å². The Hall–Kier alpha value is -1.02. The fourth-order valence-electron chi connectivity index (χ4n) is 3.88. The molecule has 1 saturated heterocycles. The van der Waals surface area contributed by atoms with Crippen molar-refractivity contribution in [2.45, 2.75) is 87.0 Å². The number of piperidine rings is 1. The molecule has 1 aliphatic heterocycles. The van der Waals surface area contributed by atoms with E-state index in [-0.39, 0.29) is 0 Å². The average Bonchev–Trinajstić information content (AvgIpc) is 2.65. The van der Waals surface area contributed by atoms with Gasteiger partial charge in [-0.1, -0.05) is 60.6 Å². The van der Waals surface area contributed by atoms with E-state index in [0.717, 1.165) is 30.6 Å². The van der Waals surface area contributed by atoms with Crippen molar-refractivity contribution < 1.29 is 4.74 Å². The van der Waals surface area contributed by atoms with Crippen LogP contribution in [-0.4, -0.2) is 31.1 Å². The van der Waals surface area contributed by atoms with E-state index >= 15 is 0 Å². The molecule has 1 aromatic rings. The normalized spacial score (nSPS) is 16.0. The first-order valence-corrected chi connectivity index (χ1v) is 11.8. The summed E-state index contributed by atoms with van der Waals surface area (Å²) >= 11 is 0. The van der Waals surface area contributed by atoms with Crippen molar-refractivity contribution in [1.29, 1.82) is 0 Å². The van der Waals surface area contributed by atoms with Crippen LogP contribution in [0.1, 0.15) is 86.1 Å². The first kappa shape index (κ1) is 25.0. The Kier molecular flexibility index (Phi) is 11.8. The molecule has 1 aliphatic rings. The first-order chi connectivity index (χ1) is 13.3. The zero-order valence-electron chi connectivity index (χ0n) is 19.9. The molecule has 0 atom stereocenters. The summed E-state index contributed by atoms with van der Waals surface area (Å²) in [5, 5.41) is 0. The summed E-state index contributed by atoms with van der Waals surface area (Å²) in [6.07, 6.45) is 7.72. The maximum Gasteiger partial charge on any atom is 0.119 e. The molecule has 0 aromatic heterocycles. The highest BCUT2D eigenvalue weighted by Gasteiger charge is 2.19. The molecule has 1 aromatic carbocycles. The van der Waals surface area contributed by atoms with Gasteiger partial charge in [0.15, 0.2) is 0 Å². The third kappa shape index (κ3) is 11.1. The van der Waals surface area contributed by atoms with Crippen LogP contribution in [0.2, 0.25) is 0 Å². The van der Waals surface area contributed by atoms with Crippen LogP contribution in [0, 0.1) is 17.3 Å². The third-order valence-corrected chi connectivity index (χ3v) is 5.42. The number of hydrogen-bond donors (Lipinski definition) is 0. The van der Waals surface area contributed by atoms with Crippen LogP contribution in [0.3, 0.4) is 0 Å². The molecule has 0 bridgehead atoms. The summed E-state index contributed by atoms with van der Waals surface area (Å²) in [5.74, 6) is 2.71. The Morgan fingerprint density at radius 3 is 2.18 bits per heavy atom. The van der Waals surface area contributed by atoms with Gasteiger partial charge in [-0.15, -0.1) is 0 Å². The highest BCUT2D eigenvalue weighted by atomic mass is 16.5. The van der Waals surface area contributed by atoms with Gasteiger partial charge in [-0.2, -0.15) is 0 Å². The number of likely N-dealkylation sites (tertiary alicyclic amines) is 1. The minimum atomic E-state index is 0.339. The summed E-state index contributed by atoms with van der Waals surface area (Å²) in [6.45, 7) is 20.2. The smallest absolute Gasteiger partial charge is 0.119 e. The lowest BCUT2D eigenvalue weighted by Crippen LogP contribution is -2.34. The summed E-state index contributed by atoms with van der Waals surface area (Å²) in [7, 11) is 0. The molecular formula is C26H47NO. The summed E-state index contributed by atoms with van der Waals surface area (Å²) in [5.41, 5.74) is 1.74. The lowest BCUT2D eigenvalue weighted by atomic mass is 9.88. The van der Waals surface area contributed by atoms with Gasteiger partial charge in [0.2, 0.25) is 0 Å². The zero-order valence-corrected chi connectivity index (χ0v) is 19.9. The predicted molar refractivity (Wildman–Crippen MR) is 124 cm³/mol. The monoisotopic (exact) mass is 389 g/mol. The molecule has 2 heteroatoms. The van der Waals surface area contributed by atoms with Crippen LogP contribution in [0.5, 0.6) is 5.75 Å². The maximum absolute atomic E-state index is 6.00. The van der Waals surface area contributed by atoms with Crippen LogP contribution in [0.4, 0.5) is 0 Å². The lowest BCUT2D eigenvalue weighted by molar-refractivity contribution is 0.160. The van der Waals surface area contributed by atoms with E-state index in [2.05, 4.69) is 63.8 Å². The average molecular weight is 390 g/mol. The molecule has 0 amide bonds. The predicted octanol–water partition coefficient (Wildman–Crippen LogP) is 7.22. The Bertz CT molecular complexity index is 492. The highest BCUT2D eigenvalue weighted by Crippen LogP contribution is 2.24. The van der Waals surface area contributed by atoms with Crippen molar-refractivity contribution in [3.8, 4) is 5.75 Å². The molecule has 162 valence electrons. The van der Waals surface area contributed by atoms with E-state index < -0.39 is 0 Å². The van der Waals surface area contributed by atoms with Crippen molar-refractivity contribution >= 4 is 0 Å². The van der Waals surface area contributed by atoms with Gasteiger partial charge in [-0.25, -0.2) is 0 Å². The molecule has 0 N–H and O–H groups in total. The second-order valence-corrected chi connectivity index (χ2v) is 9.84. The number of rotatable bonds is 9. The molecule has 0 radical (unpaired) electrons. The highest BCUT2D eigenvalue weighted by molar-refractivity contribution is 5.27. The molecule has 28 heavy (non-hydrogen) atoms. The fourth-order valence-corrected chi connectivity index (χ4v) is 3.88. The number of hydrogen-bond acceptors (Lipinski definition) is 2. The largest absolute Gasteiger partial charge is 0.494 e. The van der Waals surface area contributed by atoms with Crippen LogP contribution in [-0.2, 0) is 6.42 Å². The summed E-state index contributed by atoms with van der Waals surface area (Å²) in [6, 6.07) is 8.71. The van der Waals surface area contributed by atoms with E-state index in [0.29, 0.717) is 5.41 Å². The zero-order chi connectivity index (χ0) is 21.0. The molecule has 2 rings (SSSR count). The fraction of sp³-hybridized carbons (Fsp3) is 0.769. The van der Waals surface area contributed by atoms with Gasteiger partial charge in [-0.3, -0.25) is 0 Å². The molecule has 0 aliphatic carbocycles. The van der Waals surface area contributed by atoms with Crippen molar-refractivity contribution in [1.82, 2.24) is 4.90 Å². The topological polar surface area (TPSA) is 12.5 Å². The van der Waals surface area contributed by atoms with Crippen molar-refractivity contribution in [2.75, 3.05) is 26.2 Å². The van der Waals surface area contributed by atoms with E-state index in [1.807, 2.05) is 13.8 Å². The van der Waals surface area contributed by atoms with Crippen LogP contribution in [0.25, 0.3) is 0 Å². The van der Waals surface area contributed by atoms with Crippen LogP contribution in [0.15, 0.2) is 24.3 Å². The van der Waals surface area contributed by atoms with E-state index in [1.165, 1.54) is 57.3 Å². The van der Waals surface area contributed by atoms with Crippen molar-refractivity contribution in [2.24, 2.45) is 17.3 Å². The van der Waals surface area contributed by atoms with Gasteiger partial charge in [0.1, 0.15) is 5.75 Å². The second kappa shape index (κ2) is 13.2. The van der Waals surface area contributed by atoms with Crippen LogP contribution < -0.4 is 4.74 Å². The van der Waals surface area contributed by atoms with E-state index in [1.54, 1.807) is 0 Å². The quantitative estimate of drug-likeness (QED) is 0.442. The molecule has 1 heterocycles. The molecule has 0 saturated carbocycles. The van der Waals surface area contributed by atoms with Gasteiger partial charge < -0.3 is 9.64 Å². The van der Waals surface area contributed by atoms with Gasteiger partial charge in [-0.05, 0) is 93.1 Å². The molecule has 1 fully saturated rings. The Labute approximate surface area is 176 Å². The first-order valence-electron chi connectivity index (χ1n) is 11.8. The molecule has 0 spiro atoms. The number of benzene rings is 1. The Morgan fingerprint density at radius 1 is 1.04 bits per heavy atom. The van der Waals surface area contributed by atoms with E-state index in [9.17, 15) is 0 Å². The maximum atomic E-state index is 6.00. The Balaban J connectivity index is 0.00000190. The summed E-state index contributed by atoms with van der Waals surface area (Å²) in [4.78, 5) is 2.66. The molecule has 2 nitrogen and oxygen atoms in total. The van der Waals surface area contributed by atoms with Crippen molar-refractivity contribution in [3.63, 3.8) is 0 Å². The standard InChI is InChI=1S/C24H41NO.C2H6/c1-20(2)7-6-15-25-16-12-21(13-17-25)14-18-26-23-10-8-22(9-11-23)19-24(3,4)5;1-2/h8-11,20-21H,6-7,12-19H2,1-5H3;1-2H3. The molecule has 0 unspecified atom stereocenters. The SMILES string of the molecule is CC.CC(C)CCCN1CCC(CCOc2ccc(CC(C)(C)C)cc2)CC1. The number of nitrogens with zero attached hydrogens (tertiary/aromatic N) is 1.